The molecule has 0 bridgehead atoms. The van der Waals surface area contributed by atoms with Gasteiger partial charge in [-0.1, -0.05) is 6.92 Å². The molecule has 0 fully saturated rings. The molecular formula is C14H20FNO3. The first-order valence-electron chi connectivity index (χ1n) is 6.36. The van der Waals surface area contributed by atoms with E-state index in [9.17, 15) is 9.18 Å². The zero-order chi connectivity index (χ0) is 14.1. The lowest BCUT2D eigenvalue weighted by atomic mass is 10.2. The smallest absolute Gasteiger partial charge is 0.261 e. The van der Waals surface area contributed by atoms with Crippen LogP contribution in [0.1, 0.15) is 19.8 Å². The molecule has 106 valence electrons. The van der Waals surface area contributed by atoms with E-state index in [1.54, 1.807) is 7.11 Å². The third-order valence-electron chi connectivity index (χ3n) is 2.58. The number of methoxy groups -OCH3 is 1. The maximum Gasteiger partial charge on any atom is 0.261 e. The number of nitrogens with one attached hydrogen (secondary N) is 1. The summed E-state index contributed by atoms with van der Waals surface area (Å²) in [5.41, 5.74) is 0. The lowest BCUT2D eigenvalue weighted by Crippen LogP contribution is -2.38. The molecule has 0 aliphatic carbocycles. The fourth-order valence-corrected chi connectivity index (χ4v) is 1.54. The topological polar surface area (TPSA) is 47.6 Å². The van der Waals surface area contributed by atoms with E-state index >= 15 is 0 Å². The fourth-order valence-electron chi connectivity index (χ4n) is 1.54. The van der Waals surface area contributed by atoms with Crippen LogP contribution in [0, 0.1) is 5.82 Å². The summed E-state index contributed by atoms with van der Waals surface area (Å²) in [6.07, 6.45) is 0.746. The number of carbonyl (C=O) groups excluding carboxylic acids is 1. The van der Waals surface area contributed by atoms with Crippen LogP contribution in [0.25, 0.3) is 0 Å². The van der Waals surface area contributed by atoms with Gasteiger partial charge in [0.1, 0.15) is 11.6 Å². The van der Waals surface area contributed by atoms with Gasteiger partial charge in [0.15, 0.2) is 6.10 Å². The number of benzene rings is 1. The van der Waals surface area contributed by atoms with Crippen molar-refractivity contribution in [2.75, 3.05) is 20.3 Å². The van der Waals surface area contributed by atoms with Crippen LogP contribution in [-0.2, 0) is 9.53 Å². The summed E-state index contributed by atoms with van der Waals surface area (Å²) in [4.78, 5) is 11.9. The van der Waals surface area contributed by atoms with Gasteiger partial charge in [0, 0.05) is 20.3 Å². The summed E-state index contributed by atoms with van der Waals surface area (Å²) in [5.74, 6) is -0.00682. The van der Waals surface area contributed by atoms with Crippen LogP contribution in [0.4, 0.5) is 4.39 Å². The summed E-state index contributed by atoms with van der Waals surface area (Å²) in [7, 11) is 1.62. The number of carbonyl (C=O) groups is 1. The maximum absolute atomic E-state index is 12.8. The van der Waals surface area contributed by atoms with Crippen molar-refractivity contribution in [2.45, 2.75) is 25.9 Å². The number of ether oxygens (including phenoxy) is 2. The SMILES string of the molecule is CC[C@@H](Oc1ccc(F)cc1)C(=O)NCCCOC. The molecule has 4 nitrogen and oxygen atoms in total. The average molecular weight is 269 g/mol. The van der Waals surface area contributed by atoms with Gasteiger partial charge in [0.2, 0.25) is 0 Å². The molecule has 1 N–H and O–H groups in total. The van der Waals surface area contributed by atoms with Crippen LogP contribution in [-0.4, -0.2) is 32.3 Å². The van der Waals surface area contributed by atoms with Crippen molar-refractivity contribution in [3.63, 3.8) is 0 Å². The molecule has 0 spiro atoms. The molecule has 0 radical (unpaired) electrons. The summed E-state index contributed by atoms with van der Waals surface area (Å²) < 4.78 is 23.2. The Kier molecular flexibility index (Phi) is 6.89. The van der Waals surface area contributed by atoms with Crippen LogP contribution in [0.5, 0.6) is 5.75 Å². The van der Waals surface area contributed by atoms with Crippen molar-refractivity contribution in [3.8, 4) is 5.75 Å². The highest BCUT2D eigenvalue weighted by Crippen LogP contribution is 2.14. The first kappa shape index (κ1) is 15.4. The van der Waals surface area contributed by atoms with Gasteiger partial charge >= 0.3 is 0 Å². The predicted octanol–water partition coefficient (Wildman–Crippen LogP) is 2.14. The van der Waals surface area contributed by atoms with Gasteiger partial charge in [-0.2, -0.15) is 0 Å². The molecule has 1 aromatic rings. The van der Waals surface area contributed by atoms with Gasteiger partial charge in [-0.05, 0) is 37.1 Å². The minimum absolute atomic E-state index is 0.164. The Balaban J connectivity index is 2.43. The van der Waals surface area contributed by atoms with Crippen molar-refractivity contribution in [1.82, 2.24) is 5.32 Å². The lowest BCUT2D eigenvalue weighted by Gasteiger charge is -2.17. The number of halogens is 1. The van der Waals surface area contributed by atoms with Crippen molar-refractivity contribution in [2.24, 2.45) is 0 Å². The van der Waals surface area contributed by atoms with E-state index in [-0.39, 0.29) is 11.7 Å². The predicted molar refractivity (Wildman–Crippen MR) is 70.6 cm³/mol. The Morgan fingerprint density at radius 3 is 2.63 bits per heavy atom. The molecule has 1 aromatic carbocycles. The van der Waals surface area contributed by atoms with E-state index in [4.69, 9.17) is 9.47 Å². The molecule has 1 atom stereocenters. The monoisotopic (exact) mass is 269 g/mol. The normalized spacial score (nSPS) is 11.9. The maximum atomic E-state index is 12.8. The van der Waals surface area contributed by atoms with E-state index in [2.05, 4.69) is 5.32 Å². The first-order valence-corrected chi connectivity index (χ1v) is 6.36. The van der Waals surface area contributed by atoms with E-state index < -0.39 is 6.10 Å². The van der Waals surface area contributed by atoms with Crippen LogP contribution in [0.15, 0.2) is 24.3 Å². The molecule has 1 rings (SSSR count). The van der Waals surface area contributed by atoms with Crippen molar-refractivity contribution < 1.29 is 18.7 Å². The van der Waals surface area contributed by atoms with E-state index in [0.29, 0.717) is 25.3 Å². The number of hydrogen-bond donors (Lipinski definition) is 1. The van der Waals surface area contributed by atoms with Gasteiger partial charge in [0.25, 0.3) is 5.91 Å². The Labute approximate surface area is 112 Å². The number of rotatable bonds is 8. The zero-order valence-corrected chi connectivity index (χ0v) is 11.3. The second kappa shape index (κ2) is 8.48. The number of amides is 1. The molecular weight excluding hydrogens is 249 g/mol. The molecule has 0 aromatic heterocycles. The lowest BCUT2D eigenvalue weighted by molar-refractivity contribution is -0.128. The molecule has 19 heavy (non-hydrogen) atoms. The molecule has 5 heteroatoms. The largest absolute Gasteiger partial charge is 0.481 e. The zero-order valence-electron chi connectivity index (χ0n) is 11.3. The summed E-state index contributed by atoms with van der Waals surface area (Å²) >= 11 is 0. The standard InChI is InChI=1S/C14H20FNO3/c1-3-13(14(17)16-9-4-10-18-2)19-12-7-5-11(15)6-8-12/h5-8,13H,3-4,9-10H2,1-2H3,(H,16,17)/t13-/m1/s1. The molecule has 1 amide bonds. The number of hydrogen-bond acceptors (Lipinski definition) is 3. The summed E-state index contributed by atoms with van der Waals surface area (Å²) in [5, 5.41) is 2.78. The van der Waals surface area contributed by atoms with Crippen LogP contribution >= 0.6 is 0 Å². The molecule has 0 aliphatic heterocycles. The molecule has 0 saturated heterocycles. The summed E-state index contributed by atoms with van der Waals surface area (Å²) in [6.45, 7) is 3.02. The second-order valence-corrected chi connectivity index (χ2v) is 4.11. The van der Waals surface area contributed by atoms with Gasteiger partial charge in [-0.25, -0.2) is 4.39 Å². The second-order valence-electron chi connectivity index (χ2n) is 4.11. The van der Waals surface area contributed by atoms with E-state index in [1.165, 1.54) is 24.3 Å². The van der Waals surface area contributed by atoms with Gasteiger partial charge < -0.3 is 14.8 Å². The first-order chi connectivity index (χ1) is 9.17. The highest BCUT2D eigenvalue weighted by Gasteiger charge is 2.17. The van der Waals surface area contributed by atoms with Gasteiger partial charge in [-0.3, -0.25) is 4.79 Å². The van der Waals surface area contributed by atoms with Crippen molar-refractivity contribution in [3.05, 3.63) is 30.1 Å². The minimum Gasteiger partial charge on any atom is -0.481 e. The summed E-state index contributed by atoms with van der Waals surface area (Å²) in [6, 6.07) is 5.63. The molecule has 0 unspecified atom stereocenters. The van der Waals surface area contributed by atoms with Gasteiger partial charge in [0.05, 0.1) is 0 Å². The molecule has 0 heterocycles. The van der Waals surface area contributed by atoms with Crippen LogP contribution in [0.3, 0.4) is 0 Å². The highest BCUT2D eigenvalue weighted by molar-refractivity contribution is 5.81. The van der Waals surface area contributed by atoms with Gasteiger partial charge in [-0.15, -0.1) is 0 Å². The third-order valence-corrected chi connectivity index (χ3v) is 2.58. The van der Waals surface area contributed by atoms with Crippen LogP contribution in [0.2, 0.25) is 0 Å². The Hall–Kier alpha value is -1.62. The Bertz CT molecular complexity index is 381. The average Bonchev–Trinajstić information content (AvgIpc) is 2.42. The minimum atomic E-state index is -0.562. The quantitative estimate of drug-likeness (QED) is 0.735. The molecule has 0 saturated carbocycles. The third kappa shape index (κ3) is 5.70. The highest BCUT2D eigenvalue weighted by atomic mass is 19.1. The van der Waals surface area contributed by atoms with Crippen molar-refractivity contribution in [1.29, 1.82) is 0 Å². The Morgan fingerprint density at radius 2 is 2.05 bits per heavy atom. The Morgan fingerprint density at radius 1 is 1.37 bits per heavy atom. The molecule has 0 aliphatic rings. The van der Waals surface area contributed by atoms with Crippen LogP contribution < -0.4 is 10.1 Å². The van der Waals surface area contributed by atoms with Crippen molar-refractivity contribution >= 4 is 5.91 Å². The van der Waals surface area contributed by atoms with E-state index in [1.807, 2.05) is 6.92 Å². The van der Waals surface area contributed by atoms with E-state index in [0.717, 1.165) is 6.42 Å². The fraction of sp³-hybridized carbons (Fsp3) is 0.500.